The lowest BCUT2D eigenvalue weighted by Crippen LogP contribution is -1.93. The van der Waals surface area contributed by atoms with E-state index in [1.165, 1.54) is 23.6 Å². The van der Waals surface area contributed by atoms with Crippen LogP contribution in [0.3, 0.4) is 0 Å². The molecule has 2 aromatic rings. The number of rotatable bonds is 3. The Bertz CT molecular complexity index is 600. The molecule has 18 heavy (non-hydrogen) atoms. The van der Waals surface area contributed by atoms with Gasteiger partial charge >= 0.3 is 0 Å². The summed E-state index contributed by atoms with van der Waals surface area (Å²) in [5.74, 6) is -0.256. The molecule has 0 aliphatic heterocycles. The minimum atomic E-state index is -0.666. The molecule has 0 atom stereocenters. The smallest absolute Gasteiger partial charge is 0.205 e. The monoisotopic (exact) mass is 304 g/mol. The Balaban J connectivity index is 2.12. The third-order valence-corrected chi connectivity index (χ3v) is 3.39. The molecule has 94 valence electrons. The van der Waals surface area contributed by atoms with Gasteiger partial charge in [-0.2, -0.15) is 5.10 Å². The minimum Gasteiger partial charge on any atom is -0.383 e. The largest absolute Gasteiger partial charge is 0.383 e. The van der Waals surface area contributed by atoms with Gasteiger partial charge in [-0.25, -0.2) is 9.37 Å². The van der Waals surface area contributed by atoms with Crippen LogP contribution in [0.2, 0.25) is 10.0 Å². The number of hydrogen-bond acceptors (Lipinski definition) is 5. The summed E-state index contributed by atoms with van der Waals surface area (Å²) in [5, 5.41) is 5.98. The molecule has 0 unspecified atom stereocenters. The fourth-order valence-electron chi connectivity index (χ4n) is 1.14. The van der Waals surface area contributed by atoms with Crippen molar-refractivity contribution in [3.05, 3.63) is 38.9 Å². The number of nitrogens with two attached hydrogens (primary N) is 1. The van der Waals surface area contributed by atoms with Gasteiger partial charge in [-0.05, 0) is 6.07 Å². The fraction of sp³-hybridized carbons (Fsp3) is 0. The number of halogens is 3. The van der Waals surface area contributed by atoms with Gasteiger partial charge < -0.3 is 5.73 Å². The second kappa shape index (κ2) is 5.51. The van der Waals surface area contributed by atoms with E-state index < -0.39 is 5.82 Å². The van der Waals surface area contributed by atoms with E-state index in [1.807, 2.05) is 0 Å². The molecule has 3 N–H and O–H groups in total. The maximum absolute atomic E-state index is 13.4. The van der Waals surface area contributed by atoms with Crippen LogP contribution in [0.15, 0.2) is 22.6 Å². The van der Waals surface area contributed by atoms with E-state index in [-0.39, 0.29) is 10.0 Å². The van der Waals surface area contributed by atoms with Crippen LogP contribution in [0, 0.1) is 5.82 Å². The van der Waals surface area contributed by atoms with Gasteiger partial charge in [0.15, 0.2) is 5.82 Å². The Labute approximate surface area is 116 Å². The van der Waals surface area contributed by atoms with Gasteiger partial charge in [-0.15, -0.1) is 11.3 Å². The first kappa shape index (κ1) is 13.1. The number of nitrogens with one attached hydrogen (secondary N) is 1. The average Bonchev–Trinajstić information content (AvgIpc) is 2.75. The molecule has 0 saturated carbocycles. The molecular formula is C10H7Cl2FN4S. The zero-order valence-electron chi connectivity index (χ0n) is 8.82. The summed E-state index contributed by atoms with van der Waals surface area (Å²) in [6.07, 6.45) is 1.37. The summed E-state index contributed by atoms with van der Waals surface area (Å²) in [6.45, 7) is 0. The first-order chi connectivity index (χ1) is 8.58. The molecular weight excluding hydrogens is 298 g/mol. The van der Waals surface area contributed by atoms with E-state index in [4.69, 9.17) is 28.9 Å². The maximum Gasteiger partial charge on any atom is 0.205 e. The molecule has 0 spiro atoms. The summed E-state index contributed by atoms with van der Waals surface area (Å²) in [4.78, 5) is 3.94. The Hall–Kier alpha value is -1.37. The first-order valence-electron chi connectivity index (χ1n) is 4.71. The zero-order valence-corrected chi connectivity index (χ0v) is 11.2. The van der Waals surface area contributed by atoms with Gasteiger partial charge in [0.25, 0.3) is 0 Å². The highest BCUT2D eigenvalue weighted by atomic mass is 35.5. The molecule has 1 aromatic carbocycles. The number of thiazole rings is 1. The lowest BCUT2D eigenvalue weighted by molar-refractivity contribution is 0.628. The van der Waals surface area contributed by atoms with E-state index in [2.05, 4.69) is 15.5 Å². The lowest BCUT2D eigenvalue weighted by atomic mass is 10.2. The first-order valence-corrected chi connectivity index (χ1v) is 6.35. The molecule has 1 aromatic heterocycles. The summed E-state index contributed by atoms with van der Waals surface area (Å²) in [7, 11) is 0. The van der Waals surface area contributed by atoms with Crippen molar-refractivity contribution in [2.24, 2.45) is 5.10 Å². The molecule has 0 radical (unpaired) electrons. The Kier molecular flexibility index (Phi) is 4.00. The van der Waals surface area contributed by atoms with E-state index >= 15 is 0 Å². The standard InChI is InChI=1S/C10H7Cl2FN4S/c11-6-2-1-5(8(12)9(6)13)3-15-17-10-16-7(14)4-18-10/h1-4H,14H2,(H,16,17). The topological polar surface area (TPSA) is 63.3 Å². The van der Waals surface area contributed by atoms with Gasteiger partial charge in [0.2, 0.25) is 5.13 Å². The zero-order chi connectivity index (χ0) is 13.1. The van der Waals surface area contributed by atoms with Crippen molar-refractivity contribution in [2.45, 2.75) is 0 Å². The van der Waals surface area contributed by atoms with E-state index in [0.717, 1.165) is 0 Å². The van der Waals surface area contributed by atoms with Crippen LogP contribution in [0.1, 0.15) is 5.56 Å². The lowest BCUT2D eigenvalue weighted by Gasteiger charge is -2.01. The Morgan fingerprint density at radius 1 is 1.44 bits per heavy atom. The van der Waals surface area contributed by atoms with Crippen molar-refractivity contribution in [3.8, 4) is 0 Å². The molecule has 0 aliphatic rings. The van der Waals surface area contributed by atoms with E-state index in [0.29, 0.717) is 16.5 Å². The molecule has 0 bridgehead atoms. The van der Waals surface area contributed by atoms with Crippen LogP contribution < -0.4 is 11.2 Å². The van der Waals surface area contributed by atoms with Gasteiger partial charge in [-0.3, -0.25) is 5.43 Å². The van der Waals surface area contributed by atoms with Crippen molar-refractivity contribution in [2.75, 3.05) is 11.2 Å². The minimum absolute atomic E-state index is 0.0298. The molecule has 0 fully saturated rings. The van der Waals surface area contributed by atoms with Crippen molar-refractivity contribution in [3.63, 3.8) is 0 Å². The van der Waals surface area contributed by atoms with Crippen molar-refractivity contribution in [1.29, 1.82) is 0 Å². The summed E-state index contributed by atoms with van der Waals surface area (Å²) < 4.78 is 13.4. The highest BCUT2D eigenvalue weighted by Crippen LogP contribution is 2.25. The van der Waals surface area contributed by atoms with Crippen LogP contribution in [0.25, 0.3) is 0 Å². The number of benzene rings is 1. The van der Waals surface area contributed by atoms with Gasteiger partial charge in [0.05, 0.1) is 16.3 Å². The molecule has 1 heterocycles. The molecule has 4 nitrogen and oxygen atoms in total. The van der Waals surface area contributed by atoms with Crippen LogP contribution >= 0.6 is 34.5 Å². The van der Waals surface area contributed by atoms with Crippen molar-refractivity contribution < 1.29 is 4.39 Å². The fourth-order valence-corrected chi connectivity index (χ4v) is 2.10. The number of nitrogens with zero attached hydrogens (tertiary/aromatic N) is 2. The Morgan fingerprint density at radius 3 is 2.89 bits per heavy atom. The number of nitrogen functional groups attached to an aromatic ring is 1. The second-order valence-electron chi connectivity index (χ2n) is 3.21. The highest BCUT2D eigenvalue weighted by molar-refractivity contribution is 7.14. The third kappa shape index (κ3) is 2.90. The predicted molar refractivity (Wildman–Crippen MR) is 74.2 cm³/mol. The summed E-state index contributed by atoms with van der Waals surface area (Å²) >= 11 is 12.7. The predicted octanol–water partition coefficient (Wildman–Crippen LogP) is 3.62. The second-order valence-corrected chi connectivity index (χ2v) is 4.86. The SMILES string of the molecule is Nc1csc(NN=Cc2ccc(Cl)c(F)c2Cl)n1. The number of aromatic nitrogens is 1. The summed E-state index contributed by atoms with van der Waals surface area (Å²) in [5.41, 5.74) is 8.51. The van der Waals surface area contributed by atoms with Crippen LogP contribution in [0.5, 0.6) is 0 Å². The number of hydrazone groups is 1. The van der Waals surface area contributed by atoms with Gasteiger partial charge in [-0.1, -0.05) is 29.3 Å². The quantitative estimate of drug-likeness (QED) is 0.517. The number of anilines is 2. The van der Waals surface area contributed by atoms with Crippen LogP contribution in [0.4, 0.5) is 15.3 Å². The van der Waals surface area contributed by atoms with Crippen LogP contribution in [-0.2, 0) is 0 Å². The molecule has 0 aliphatic carbocycles. The average molecular weight is 305 g/mol. The molecule has 2 rings (SSSR count). The normalized spacial score (nSPS) is 11.1. The third-order valence-electron chi connectivity index (χ3n) is 1.95. The number of hydrogen-bond donors (Lipinski definition) is 2. The highest BCUT2D eigenvalue weighted by Gasteiger charge is 2.08. The molecule has 0 amide bonds. The molecule has 0 saturated heterocycles. The maximum atomic E-state index is 13.4. The van der Waals surface area contributed by atoms with Gasteiger partial charge in [0.1, 0.15) is 5.82 Å². The summed E-state index contributed by atoms with van der Waals surface area (Å²) in [6, 6.07) is 2.97. The van der Waals surface area contributed by atoms with Crippen molar-refractivity contribution >= 4 is 51.7 Å². The van der Waals surface area contributed by atoms with Crippen molar-refractivity contribution in [1.82, 2.24) is 4.98 Å². The van der Waals surface area contributed by atoms with E-state index in [9.17, 15) is 4.39 Å². The van der Waals surface area contributed by atoms with Crippen LogP contribution in [-0.4, -0.2) is 11.2 Å². The van der Waals surface area contributed by atoms with Gasteiger partial charge in [0, 0.05) is 10.9 Å². The Morgan fingerprint density at radius 2 is 2.22 bits per heavy atom. The van der Waals surface area contributed by atoms with E-state index in [1.54, 1.807) is 11.4 Å². The molecule has 8 heteroatoms.